The third-order valence-corrected chi connectivity index (χ3v) is 4.82. The van der Waals surface area contributed by atoms with Crippen LogP contribution in [0, 0.1) is 13.8 Å². The first kappa shape index (κ1) is 21.4. The van der Waals surface area contributed by atoms with E-state index in [0.29, 0.717) is 11.4 Å². The number of nitrogens with zero attached hydrogens (tertiary/aromatic N) is 2. The first-order valence-corrected chi connectivity index (χ1v) is 9.29. The summed E-state index contributed by atoms with van der Waals surface area (Å²) in [5, 5.41) is 10.5. The summed E-state index contributed by atoms with van der Waals surface area (Å²) in [7, 11) is 0. The fraction of sp³-hybridized carbons (Fsp3) is 0.273. The van der Waals surface area contributed by atoms with Crippen LogP contribution in [0.1, 0.15) is 36.4 Å². The molecule has 1 aliphatic heterocycles. The molecule has 0 amide bonds. The summed E-state index contributed by atoms with van der Waals surface area (Å²) in [4.78, 5) is 16.3. The lowest BCUT2D eigenvalue weighted by molar-refractivity contribution is -0.138. The number of benzene rings is 1. The number of carbonyl (C=O) groups is 1. The van der Waals surface area contributed by atoms with Crippen molar-refractivity contribution in [2.75, 3.05) is 6.61 Å². The van der Waals surface area contributed by atoms with E-state index in [-0.39, 0.29) is 23.6 Å². The van der Waals surface area contributed by atoms with E-state index in [1.807, 2.05) is 24.5 Å². The molecule has 3 rings (SSSR count). The van der Waals surface area contributed by atoms with Crippen LogP contribution in [0.2, 0.25) is 0 Å². The van der Waals surface area contributed by atoms with Crippen LogP contribution in [0.3, 0.4) is 0 Å². The van der Waals surface area contributed by atoms with Crippen molar-refractivity contribution in [1.29, 1.82) is 0 Å². The number of esters is 1. The van der Waals surface area contributed by atoms with Crippen molar-refractivity contribution in [3.8, 4) is 5.69 Å². The Hall–Kier alpha value is -3.29. The van der Waals surface area contributed by atoms with Gasteiger partial charge in [0.1, 0.15) is 11.3 Å². The van der Waals surface area contributed by atoms with Gasteiger partial charge in [-0.25, -0.2) is 9.79 Å². The maximum atomic E-state index is 12.8. The molecule has 0 fully saturated rings. The van der Waals surface area contributed by atoms with Gasteiger partial charge < -0.3 is 14.4 Å². The third kappa shape index (κ3) is 3.90. The number of halogens is 3. The minimum Gasteiger partial charge on any atom is -0.505 e. The summed E-state index contributed by atoms with van der Waals surface area (Å²) in [5.74, 6) is -0.903. The largest absolute Gasteiger partial charge is 0.505 e. The highest BCUT2D eigenvalue weighted by Gasteiger charge is 2.30. The van der Waals surface area contributed by atoms with E-state index in [1.165, 1.54) is 12.1 Å². The molecule has 1 aromatic carbocycles. The first-order chi connectivity index (χ1) is 14.0. The highest BCUT2D eigenvalue weighted by molar-refractivity contribution is 6.22. The average molecular weight is 418 g/mol. The molecule has 5 nitrogen and oxygen atoms in total. The Kier molecular flexibility index (Phi) is 5.61. The third-order valence-electron chi connectivity index (χ3n) is 4.82. The highest BCUT2D eigenvalue weighted by atomic mass is 19.4. The lowest BCUT2D eigenvalue weighted by Gasteiger charge is -2.12. The van der Waals surface area contributed by atoms with Gasteiger partial charge in [0.15, 0.2) is 5.76 Å². The number of ether oxygens (including phenoxy) is 1. The van der Waals surface area contributed by atoms with Crippen LogP contribution in [-0.4, -0.2) is 28.0 Å². The molecule has 2 heterocycles. The summed E-state index contributed by atoms with van der Waals surface area (Å²) in [6.45, 7) is 7.10. The van der Waals surface area contributed by atoms with Crippen molar-refractivity contribution in [2.45, 2.75) is 33.9 Å². The van der Waals surface area contributed by atoms with E-state index in [2.05, 4.69) is 4.99 Å². The number of rotatable bonds is 4. The fourth-order valence-electron chi connectivity index (χ4n) is 3.42. The summed E-state index contributed by atoms with van der Waals surface area (Å²) in [5.41, 5.74) is 2.75. The van der Waals surface area contributed by atoms with Crippen LogP contribution in [0.4, 0.5) is 13.2 Å². The molecule has 1 N–H and O–H groups in total. The number of hydrogen-bond acceptors (Lipinski definition) is 4. The standard InChI is InChI=1S/C22H21F3N2O3/c1-5-30-21(29)19-13(3)26-18(20(19)28)11-15-10-12(2)27(14(15)4)17-8-6-16(7-9-17)22(23,24)25/h6-11,28H,5H2,1-4H3/b18-11+. The maximum absolute atomic E-state index is 12.8. The summed E-state index contributed by atoms with van der Waals surface area (Å²) in [6, 6.07) is 6.73. The number of aliphatic hydroxyl groups excluding tert-OH is 1. The number of aryl methyl sites for hydroxylation is 1. The predicted octanol–water partition coefficient (Wildman–Crippen LogP) is 5.30. The molecule has 2 aromatic rings. The molecule has 0 saturated heterocycles. The Morgan fingerprint density at radius 3 is 2.40 bits per heavy atom. The van der Waals surface area contributed by atoms with Crippen LogP contribution >= 0.6 is 0 Å². The molecular formula is C22H21F3N2O3. The minimum atomic E-state index is -4.40. The van der Waals surface area contributed by atoms with E-state index in [1.54, 1.807) is 19.9 Å². The molecule has 0 aliphatic carbocycles. The topological polar surface area (TPSA) is 63.8 Å². The van der Waals surface area contributed by atoms with Gasteiger partial charge >= 0.3 is 12.1 Å². The summed E-state index contributed by atoms with van der Waals surface area (Å²) >= 11 is 0. The average Bonchev–Trinajstić information content (AvgIpc) is 3.09. The molecule has 1 aliphatic rings. The molecule has 0 radical (unpaired) electrons. The van der Waals surface area contributed by atoms with Crippen molar-refractivity contribution in [3.05, 3.63) is 69.9 Å². The van der Waals surface area contributed by atoms with Gasteiger partial charge in [-0.1, -0.05) is 0 Å². The quantitative estimate of drug-likeness (QED) is 0.685. The number of aliphatic hydroxyl groups is 1. The van der Waals surface area contributed by atoms with Gasteiger partial charge in [0, 0.05) is 17.1 Å². The number of aromatic nitrogens is 1. The van der Waals surface area contributed by atoms with Crippen LogP contribution in [0.15, 0.2) is 52.4 Å². The molecule has 158 valence electrons. The number of hydrogen-bond donors (Lipinski definition) is 1. The van der Waals surface area contributed by atoms with Crippen LogP contribution in [0.25, 0.3) is 11.8 Å². The van der Waals surface area contributed by atoms with Crippen molar-refractivity contribution >= 4 is 17.8 Å². The summed E-state index contributed by atoms with van der Waals surface area (Å²) in [6.07, 6.45) is -2.76. The van der Waals surface area contributed by atoms with Crippen molar-refractivity contribution < 1.29 is 27.8 Å². The Morgan fingerprint density at radius 1 is 1.20 bits per heavy atom. The second-order valence-electron chi connectivity index (χ2n) is 6.88. The molecule has 30 heavy (non-hydrogen) atoms. The van der Waals surface area contributed by atoms with Gasteiger partial charge in [-0.15, -0.1) is 0 Å². The molecular weight excluding hydrogens is 397 g/mol. The molecule has 0 atom stereocenters. The molecule has 0 unspecified atom stereocenters. The van der Waals surface area contributed by atoms with Crippen LogP contribution in [0.5, 0.6) is 0 Å². The van der Waals surface area contributed by atoms with E-state index in [9.17, 15) is 23.1 Å². The van der Waals surface area contributed by atoms with E-state index in [4.69, 9.17) is 4.74 Å². The van der Waals surface area contributed by atoms with Crippen molar-refractivity contribution in [1.82, 2.24) is 4.57 Å². The lowest BCUT2D eigenvalue weighted by atomic mass is 10.1. The molecule has 1 aromatic heterocycles. The normalized spacial score (nSPS) is 15.7. The zero-order valence-electron chi connectivity index (χ0n) is 17.0. The van der Waals surface area contributed by atoms with Gasteiger partial charge in [-0.2, -0.15) is 13.2 Å². The smallest absolute Gasteiger partial charge is 0.416 e. The molecule has 8 heteroatoms. The van der Waals surface area contributed by atoms with E-state index < -0.39 is 17.7 Å². The van der Waals surface area contributed by atoms with Gasteiger partial charge in [0.25, 0.3) is 0 Å². The Bertz CT molecular complexity index is 1090. The summed E-state index contributed by atoms with van der Waals surface area (Å²) < 4.78 is 45.3. The Labute approximate surface area is 171 Å². The Balaban J connectivity index is 2.00. The van der Waals surface area contributed by atoms with Crippen molar-refractivity contribution in [3.63, 3.8) is 0 Å². The van der Waals surface area contributed by atoms with Crippen molar-refractivity contribution in [2.24, 2.45) is 4.99 Å². The molecule has 0 spiro atoms. The van der Waals surface area contributed by atoms with Gasteiger partial charge in [-0.05, 0) is 69.7 Å². The van der Waals surface area contributed by atoms with Gasteiger partial charge in [0.2, 0.25) is 0 Å². The van der Waals surface area contributed by atoms with E-state index in [0.717, 1.165) is 29.1 Å². The SMILES string of the molecule is CCOC(=O)C1=C(O)/C(=C\c2cc(C)n(-c3ccc(C(F)(F)F)cc3)c2C)N=C1C. The molecule has 0 saturated carbocycles. The first-order valence-electron chi connectivity index (χ1n) is 9.29. The number of alkyl halides is 3. The minimum absolute atomic E-state index is 0.0275. The number of carbonyl (C=O) groups excluding carboxylic acids is 1. The number of aliphatic imine (C=N–C) groups is 1. The predicted molar refractivity (Wildman–Crippen MR) is 108 cm³/mol. The fourth-order valence-corrected chi connectivity index (χ4v) is 3.42. The zero-order chi connectivity index (χ0) is 22.2. The maximum Gasteiger partial charge on any atom is 0.416 e. The highest BCUT2D eigenvalue weighted by Crippen LogP contribution is 2.32. The van der Waals surface area contributed by atoms with Crippen LogP contribution < -0.4 is 0 Å². The van der Waals surface area contributed by atoms with Crippen LogP contribution in [-0.2, 0) is 15.7 Å². The van der Waals surface area contributed by atoms with Gasteiger partial charge in [0.05, 0.1) is 17.9 Å². The Morgan fingerprint density at radius 2 is 1.83 bits per heavy atom. The molecule has 0 bridgehead atoms. The lowest BCUT2D eigenvalue weighted by Crippen LogP contribution is -2.13. The van der Waals surface area contributed by atoms with Gasteiger partial charge in [-0.3, -0.25) is 0 Å². The second-order valence-corrected chi connectivity index (χ2v) is 6.88. The monoisotopic (exact) mass is 418 g/mol. The second kappa shape index (κ2) is 7.85. The van der Waals surface area contributed by atoms with E-state index >= 15 is 0 Å². The zero-order valence-corrected chi connectivity index (χ0v) is 17.0.